The topological polar surface area (TPSA) is 91.0 Å². The van der Waals surface area contributed by atoms with Gasteiger partial charge < -0.3 is 10.1 Å². The second-order valence-electron chi connectivity index (χ2n) is 4.68. The number of hydrogen-bond donors (Lipinski definition) is 1. The smallest absolute Gasteiger partial charge is 0.331 e. The molecule has 0 unspecified atom stereocenters. The van der Waals surface area contributed by atoms with E-state index >= 15 is 0 Å². The number of esters is 1. The summed E-state index contributed by atoms with van der Waals surface area (Å²) in [5, 5.41) is 16.1. The molecule has 0 aromatic heterocycles. The van der Waals surface area contributed by atoms with Crippen LogP contribution in [-0.2, 0) is 14.3 Å². The van der Waals surface area contributed by atoms with Gasteiger partial charge in [0.2, 0.25) is 0 Å². The molecule has 0 aliphatic heterocycles. The van der Waals surface area contributed by atoms with Crippen molar-refractivity contribution in [3.63, 3.8) is 0 Å². The molecule has 1 aromatic rings. The molecule has 0 fully saturated rings. The van der Waals surface area contributed by atoms with Gasteiger partial charge >= 0.3 is 5.97 Å². The summed E-state index contributed by atoms with van der Waals surface area (Å²) in [6.45, 7) is 2.80. The fraction of sp³-hybridized carbons (Fsp3) is 0.250. The van der Waals surface area contributed by atoms with E-state index in [-0.39, 0.29) is 5.71 Å². The first-order valence-corrected chi connectivity index (χ1v) is 7.22. The highest BCUT2D eigenvalue weighted by atomic mass is 79.9. The van der Waals surface area contributed by atoms with Crippen LogP contribution in [0.15, 0.2) is 28.7 Å². The van der Waals surface area contributed by atoms with E-state index in [1.54, 1.807) is 12.1 Å². The number of hydrogen-bond acceptors (Lipinski definition) is 5. The molecule has 1 atom stereocenters. The van der Waals surface area contributed by atoms with Crippen LogP contribution < -0.4 is 0 Å². The molecule has 0 saturated heterocycles. The average molecular weight is 363 g/mol. The Labute approximate surface area is 137 Å². The fourth-order valence-corrected chi connectivity index (χ4v) is 2.23. The number of benzene rings is 1. The molecule has 0 heterocycles. The molecule has 22 heavy (non-hydrogen) atoms. The van der Waals surface area contributed by atoms with Crippen LogP contribution >= 0.6 is 15.9 Å². The summed E-state index contributed by atoms with van der Waals surface area (Å²) < 4.78 is 5.63. The van der Waals surface area contributed by atoms with Gasteiger partial charge in [0.15, 0.2) is 12.4 Å². The number of carbonyl (C=O) groups excluding carboxylic acids is 2. The van der Waals surface area contributed by atoms with Crippen molar-refractivity contribution in [3.05, 3.63) is 39.9 Å². The molecular weight excluding hydrogens is 348 g/mol. The molecule has 0 saturated carbocycles. The zero-order valence-corrected chi connectivity index (χ0v) is 13.8. The van der Waals surface area contributed by atoms with Gasteiger partial charge in [0.05, 0.1) is 6.07 Å². The number of carbonyl (C=O) groups is 2. The third kappa shape index (κ3) is 5.26. The summed E-state index contributed by atoms with van der Waals surface area (Å²) in [4.78, 5) is 23.2. The number of ketones is 1. The fourth-order valence-electron chi connectivity index (χ4n) is 1.61. The highest BCUT2D eigenvalue weighted by Gasteiger charge is 2.20. The average Bonchev–Trinajstić information content (AvgIpc) is 2.44. The Balaban J connectivity index is 2.60. The molecule has 1 N–H and O–H groups in total. The van der Waals surface area contributed by atoms with Crippen molar-refractivity contribution in [1.29, 1.82) is 10.7 Å². The van der Waals surface area contributed by atoms with Crippen LogP contribution in [0.5, 0.6) is 0 Å². The van der Waals surface area contributed by atoms with Gasteiger partial charge in [-0.25, -0.2) is 4.79 Å². The second-order valence-corrected chi connectivity index (χ2v) is 5.53. The third-order valence-electron chi connectivity index (χ3n) is 2.80. The Bertz CT molecular complexity index is 674. The molecule has 0 aliphatic rings. The standard InChI is InChI=1S/C16H15BrN2O3/c1-10-3-4-12(14(17)7-10)5-6-16(21)22-9-15(20)13(8-18)11(2)19/h3-7,13,19H,9H2,1-2H3/b6-5+,19-11?/t13-/m0/s1. The number of aryl methyl sites for hydroxylation is 1. The molecule has 6 heteroatoms. The molecule has 0 amide bonds. The van der Waals surface area contributed by atoms with Crippen molar-refractivity contribution >= 4 is 39.5 Å². The maximum Gasteiger partial charge on any atom is 0.331 e. The van der Waals surface area contributed by atoms with Crippen molar-refractivity contribution in [2.24, 2.45) is 5.92 Å². The van der Waals surface area contributed by atoms with Gasteiger partial charge in [-0.3, -0.25) is 4.79 Å². The maximum absolute atomic E-state index is 11.6. The van der Waals surface area contributed by atoms with Crippen LogP contribution in [0, 0.1) is 29.6 Å². The zero-order chi connectivity index (χ0) is 16.7. The Hall–Kier alpha value is -2.26. The molecule has 114 valence electrons. The van der Waals surface area contributed by atoms with E-state index in [9.17, 15) is 9.59 Å². The van der Waals surface area contributed by atoms with E-state index in [0.717, 1.165) is 15.6 Å². The number of rotatable bonds is 6. The first kappa shape index (κ1) is 17.8. The van der Waals surface area contributed by atoms with E-state index in [2.05, 4.69) is 15.9 Å². The molecule has 5 nitrogen and oxygen atoms in total. The van der Waals surface area contributed by atoms with Gasteiger partial charge in [0.1, 0.15) is 5.92 Å². The van der Waals surface area contributed by atoms with Gasteiger partial charge in [-0.1, -0.05) is 28.1 Å². The minimum Gasteiger partial charge on any atom is -0.454 e. The zero-order valence-electron chi connectivity index (χ0n) is 12.2. The van der Waals surface area contributed by atoms with Gasteiger partial charge in [0.25, 0.3) is 0 Å². The summed E-state index contributed by atoms with van der Waals surface area (Å²) in [5.41, 5.74) is 1.82. The van der Waals surface area contributed by atoms with Gasteiger partial charge in [-0.05, 0) is 37.1 Å². The highest BCUT2D eigenvalue weighted by Crippen LogP contribution is 2.19. The number of nitrogens with one attached hydrogen (secondary N) is 1. The van der Waals surface area contributed by atoms with Crippen molar-refractivity contribution < 1.29 is 14.3 Å². The van der Waals surface area contributed by atoms with E-state index in [1.807, 2.05) is 25.1 Å². The quantitative estimate of drug-likeness (QED) is 0.478. The summed E-state index contributed by atoms with van der Waals surface area (Å²) in [5.74, 6) is -2.45. The number of nitrogens with zero attached hydrogens (tertiary/aromatic N) is 1. The first-order valence-electron chi connectivity index (χ1n) is 6.43. The van der Waals surface area contributed by atoms with E-state index in [1.165, 1.54) is 13.0 Å². The Morgan fingerprint density at radius 1 is 1.50 bits per heavy atom. The Morgan fingerprint density at radius 2 is 2.18 bits per heavy atom. The molecule has 0 bridgehead atoms. The van der Waals surface area contributed by atoms with E-state index < -0.39 is 24.3 Å². The summed E-state index contributed by atoms with van der Waals surface area (Å²) in [6, 6.07) is 7.37. The maximum atomic E-state index is 11.6. The molecule has 0 radical (unpaired) electrons. The normalized spacial score (nSPS) is 11.7. The first-order chi connectivity index (χ1) is 10.3. The van der Waals surface area contributed by atoms with Gasteiger partial charge in [-0.15, -0.1) is 0 Å². The lowest BCUT2D eigenvalue weighted by Crippen LogP contribution is -2.25. The van der Waals surface area contributed by atoms with Crippen LogP contribution in [0.2, 0.25) is 0 Å². The molecule has 1 rings (SSSR count). The molecule has 1 aromatic carbocycles. The van der Waals surface area contributed by atoms with Gasteiger partial charge in [-0.2, -0.15) is 5.26 Å². The van der Waals surface area contributed by atoms with Crippen LogP contribution in [0.1, 0.15) is 18.1 Å². The predicted octanol–water partition coefficient (Wildman–Crippen LogP) is 3.06. The lowest BCUT2D eigenvalue weighted by Gasteiger charge is -2.06. The van der Waals surface area contributed by atoms with E-state index in [0.29, 0.717) is 0 Å². The van der Waals surface area contributed by atoms with Crippen molar-refractivity contribution in [3.8, 4) is 6.07 Å². The third-order valence-corrected chi connectivity index (χ3v) is 3.48. The predicted molar refractivity (Wildman–Crippen MR) is 86.4 cm³/mol. The summed E-state index contributed by atoms with van der Waals surface area (Å²) in [6.07, 6.45) is 2.78. The largest absolute Gasteiger partial charge is 0.454 e. The number of Topliss-reactive ketones (excluding diaryl/α,β-unsaturated/α-hetero) is 1. The highest BCUT2D eigenvalue weighted by molar-refractivity contribution is 9.10. The van der Waals surface area contributed by atoms with Crippen molar-refractivity contribution in [1.82, 2.24) is 0 Å². The van der Waals surface area contributed by atoms with Gasteiger partial charge in [0, 0.05) is 16.3 Å². The number of nitriles is 1. The van der Waals surface area contributed by atoms with Crippen LogP contribution in [0.25, 0.3) is 6.08 Å². The van der Waals surface area contributed by atoms with Crippen molar-refractivity contribution in [2.75, 3.05) is 6.61 Å². The van der Waals surface area contributed by atoms with E-state index in [4.69, 9.17) is 15.4 Å². The minimum absolute atomic E-state index is 0.0670. The summed E-state index contributed by atoms with van der Waals surface area (Å²) in [7, 11) is 0. The van der Waals surface area contributed by atoms with Crippen LogP contribution in [0.3, 0.4) is 0 Å². The molecular formula is C16H15BrN2O3. The lowest BCUT2D eigenvalue weighted by molar-refractivity contribution is -0.143. The number of halogens is 1. The lowest BCUT2D eigenvalue weighted by atomic mass is 10.0. The second kappa shape index (κ2) is 8.25. The number of ether oxygens (including phenoxy) is 1. The summed E-state index contributed by atoms with van der Waals surface area (Å²) >= 11 is 3.39. The van der Waals surface area contributed by atoms with Crippen LogP contribution in [-0.4, -0.2) is 24.1 Å². The Morgan fingerprint density at radius 3 is 2.73 bits per heavy atom. The van der Waals surface area contributed by atoms with Crippen LogP contribution in [0.4, 0.5) is 0 Å². The Kier molecular flexibility index (Phi) is 6.67. The SMILES string of the molecule is CC(=N)[C@H](C#N)C(=O)COC(=O)/C=C/c1ccc(C)cc1Br. The van der Waals surface area contributed by atoms with Crippen molar-refractivity contribution in [2.45, 2.75) is 13.8 Å². The molecule has 0 spiro atoms. The molecule has 0 aliphatic carbocycles. The monoisotopic (exact) mass is 362 g/mol. The minimum atomic E-state index is -1.16.